The van der Waals surface area contributed by atoms with Crippen LogP contribution in [0.4, 0.5) is 0 Å². The van der Waals surface area contributed by atoms with Crippen molar-refractivity contribution in [2.24, 2.45) is 0 Å². The quantitative estimate of drug-likeness (QED) is 0.0350. The summed E-state index contributed by atoms with van der Waals surface area (Å²) in [5.41, 5.74) is 4.11. The SMILES string of the molecule is COc1ccc(CCNCC(CC2(c3ccc(OC)c(OC)c3)SCCCS2)OC(=O)C(=O)OC(CNCCc2ccc(OC)c(OC)c2)CC2(c3ccc(OC)c(OC)c3)SCCCS2)cc1OC. The fraction of sp³-hybridized carbons (Fsp3) is 0.500. The second-order valence-corrected chi connectivity index (χ2v) is 22.6. The summed E-state index contributed by atoms with van der Waals surface area (Å²) >= 11 is 7.25. The summed E-state index contributed by atoms with van der Waals surface area (Å²) in [6, 6.07) is 23.6. The van der Waals surface area contributed by atoms with Crippen molar-refractivity contribution in [1.29, 1.82) is 0 Å². The highest BCUT2D eigenvalue weighted by atomic mass is 32.2. The van der Waals surface area contributed by atoms with Crippen LogP contribution in [0.5, 0.6) is 46.0 Å². The van der Waals surface area contributed by atoms with E-state index in [2.05, 4.69) is 10.6 Å². The number of hydrogen-bond donors (Lipinski definition) is 2. The van der Waals surface area contributed by atoms with E-state index in [1.807, 2.05) is 120 Å². The van der Waals surface area contributed by atoms with Crippen molar-refractivity contribution in [3.05, 3.63) is 95.1 Å². The van der Waals surface area contributed by atoms with E-state index in [9.17, 15) is 9.59 Å². The van der Waals surface area contributed by atoms with E-state index in [1.165, 1.54) is 0 Å². The highest BCUT2D eigenvalue weighted by Gasteiger charge is 2.43. The smallest absolute Gasteiger partial charge is 0.417 e. The maximum Gasteiger partial charge on any atom is 0.417 e. The highest BCUT2D eigenvalue weighted by Crippen LogP contribution is 2.56. The molecule has 0 radical (unpaired) electrons. The topological polar surface area (TPSA) is 150 Å². The molecule has 6 rings (SSSR count). The molecule has 0 bridgehead atoms. The van der Waals surface area contributed by atoms with Crippen molar-refractivity contribution in [3.8, 4) is 46.0 Å². The van der Waals surface area contributed by atoms with Crippen LogP contribution in [-0.2, 0) is 40.1 Å². The lowest BCUT2D eigenvalue weighted by molar-refractivity contribution is -0.174. The molecule has 18 heteroatoms. The van der Waals surface area contributed by atoms with Gasteiger partial charge in [0, 0.05) is 25.9 Å². The number of carbonyl (C=O) groups excluding carboxylic acids is 2. The van der Waals surface area contributed by atoms with Crippen molar-refractivity contribution >= 4 is 59.0 Å². The number of nitrogens with one attached hydrogen (secondary N) is 2. The Balaban J connectivity index is 1.24. The molecule has 0 aromatic heterocycles. The molecule has 0 aliphatic carbocycles. The van der Waals surface area contributed by atoms with Gasteiger partial charge in [-0.05, 0) is 133 Å². The Kier molecular flexibility index (Phi) is 21.5. The molecule has 0 amide bonds. The van der Waals surface area contributed by atoms with Crippen molar-refractivity contribution < 1.29 is 57.0 Å². The average molecular weight is 1040 g/mol. The van der Waals surface area contributed by atoms with Crippen LogP contribution in [0.2, 0.25) is 0 Å². The second-order valence-electron chi connectivity index (χ2n) is 16.5. The van der Waals surface area contributed by atoms with Crippen molar-refractivity contribution in [3.63, 3.8) is 0 Å². The molecule has 2 unspecified atom stereocenters. The molecule has 2 N–H and O–H groups in total. The van der Waals surface area contributed by atoms with E-state index in [4.69, 9.17) is 47.4 Å². The third-order valence-electron chi connectivity index (χ3n) is 12.1. The van der Waals surface area contributed by atoms with Gasteiger partial charge in [-0.25, -0.2) is 9.59 Å². The van der Waals surface area contributed by atoms with E-state index >= 15 is 0 Å². The van der Waals surface area contributed by atoms with Crippen LogP contribution in [0, 0.1) is 0 Å². The van der Waals surface area contributed by atoms with Gasteiger partial charge in [-0.2, -0.15) is 0 Å². The minimum absolute atomic E-state index is 0.291. The number of thioether (sulfide) groups is 4. The highest BCUT2D eigenvalue weighted by molar-refractivity contribution is 8.18. The van der Waals surface area contributed by atoms with Crippen LogP contribution < -0.4 is 48.5 Å². The van der Waals surface area contributed by atoms with Gasteiger partial charge in [0.25, 0.3) is 0 Å². The molecule has 4 aromatic rings. The number of hydrogen-bond acceptors (Lipinski definition) is 18. The van der Waals surface area contributed by atoms with Crippen LogP contribution >= 0.6 is 47.0 Å². The predicted octanol–water partition coefficient (Wildman–Crippen LogP) is 8.77. The van der Waals surface area contributed by atoms with E-state index in [0.29, 0.717) is 97.9 Å². The maximum atomic E-state index is 14.3. The molecule has 0 saturated carbocycles. The van der Waals surface area contributed by atoms with Gasteiger partial charge in [0.2, 0.25) is 0 Å². The summed E-state index contributed by atoms with van der Waals surface area (Å²) < 4.78 is 56.2. The maximum absolute atomic E-state index is 14.3. The van der Waals surface area contributed by atoms with Crippen LogP contribution in [0.1, 0.15) is 47.9 Å². The molecular weight excluding hydrogens is 973 g/mol. The number of rotatable bonds is 26. The van der Waals surface area contributed by atoms with Gasteiger partial charge < -0.3 is 58.0 Å². The van der Waals surface area contributed by atoms with Gasteiger partial charge in [-0.3, -0.25) is 0 Å². The number of ether oxygens (including phenoxy) is 10. The molecule has 2 aliphatic heterocycles. The Morgan fingerprint density at radius 2 is 0.771 bits per heavy atom. The Bertz CT molecular complexity index is 2150. The number of esters is 2. The third kappa shape index (κ3) is 14.4. The normalized spacial score (nSPS) is 15.9. The fourth-order valence-electron chi connectivity index (χ4n) is 8.47. The summed E-state index contributed by atoms with van der Waals surface area (Å²) in [5, 5.41) is 7.05. The molecule has 0 spiro atoms. The molecule has 2 fully saturated rings. The van der Waals surface area contributed by atoms with Gasteiger partial charge in [-0.1, -0.05) is 24.3 Å². The molecule has 2 heterocycles. The molecular formula is C52H68N2O12S4. The van der Waals surface area contributed by atoms with Gasteiger partial charge in [0.15, 0.2) is 46.0 Å². The first-order chi connectivity index (χ1) is 34.1. The van der Waals surface area contributed by atoms with Crippen LogP contribution in [0.15, 0.2) is 72.8 Å². The molecule has 2 aliphatic rings. The van der Waals surface area contributed by atoms with E-state index in [0.717, 1.165) is 58.1 Å². The first-order valence-electron chi connectivity index (χ1n) is 23.3. The first kappa shape index (κ1) is 54.9. The Morgan fingerprint density at radius 3 is 1.10 bits per heavy atom. The summed E-state index contributed by atoms with van der Waals surface area (Å²) in [7, 11) is 12.9. The largest absolute Gasteiger partial charge is 0.493 e. The zero-order valence-electron chi connectivity index (χ0n) is 41.5. The standard InChI is InChI=1S/C52H68N2O12S4/c1-57-41-15-11-35(27-45(41)61-5)19-21-53-33-39(31-51(67-23-9-24-68-51)37-13-17-43(59-3)47(29-37)63-7)65-49(55)50(56)66-40(34-54-22-20-36-12-16-42(58-2)46(28-36)62-6)32-52(69-25-10-26-70-52)38-14-18-44(60-4)48(30-38)64-8/h11-18,27-30,39-40,53-54H,9-10,19-26,31-34H2,1-8H3. The third-order valence-corrected chi connectivity index (χ3v) is 19.0. The lowest BCUT2D eigenvalue weighted by atomic mass is 10.0. The zero-order valence-corrected chi connectivity index (χ0v) is 44.8. The summed E-state index contributed by atoms with van der Waals surface area (Å²) in [5.74, 6) is 6.64. The number of carbonyl (C=O) groups is 2. The monoisotopic (exact) mass is 1040 g/mol. The molecule has 2 saturated heterocycles. The van der Waals surface area contributed by atoms with E-state index in [-0.39, 0.29) is 0 Å². The summed E-state index contributed by atoms with van der Waals surface area (Å²) in [6.45, 7) is 1.73. The summed E-state index contributed by atoms with van der Waals surface area (Å²) in [6.07, 6.45) is 2.83. The molecule has 2 atom stereocenters. The van der Waals surface area contributed by atoms with Gasteiger partial charge in [-0.15, -0.1) is 47.0 Å². The van der Waals surface area contributed by atoms with Crippen molar-refractivity contribution in [2.75, 3.05) is 106 Å². The Morgan fingerprint density at radius 1 is 0.457 bits per heavy atom. The molecule has 14 nitrogen and oxygen atoms in total. The minimum Gasteiger partial charge on any atom is -0.493 e. The summed E-state index contributed by atoms with van der Waals surface area (Å²) in [4.78, 5) is 28.6. The van der Waals surface area contributed by atoms with Crippen LogP contribution in [0.25, 0.3) is 0 Å². The molecule has 382 valence electrons. The Labute approximate surface area is 430 Å². The van der Waals surface area contributed by atoms with E-state index in [1.54, 1.807) is 56.9 Å². The predicted molar refractivity (Wildman–Crippen MR) is 283 cm³/mol. The Hall–Kier alpha value is -4.46. The zero-order chi connectivity index (χ0) is 49.9. The lowest BCUT2D eigenvalue weighted by Crippen LogP contribution is -2.42. The van der Waals surface area contributed by atoms with Crippen molar-refractivity contribution in [1.82, 2.24) is 10.6 Å². The number of methoxy groups -OCH3 is 8. The van der Waals surface area contributed by atoms with E-state index < -0.39 is 32.3 Å². The van der Waals surface area contributed by atoms with Crippen LogP contribution in [-0.4, -0.2) is 130 Å². The molecule has 4 aromatic carbocycles. The van der Waals surface area contributed by atoms with Gasteiger partial charge in [0.1, 0.15) is 12.2 Å². The number of benzene rings is 4. The van der Waals surface area contributed by atoms with Gasteiger partial charge in [0.05, 0.1) is 65.0 Å². The lowest BCUT2D eigenvalue weighted by Gasteiger charge is -2.39. The average Bonchev–Trinajstić information content (AvgIpc) is 3.40. The second kappa shape index (κ2) is 27.4. The minimum atomic E-state index is -1.04. The van der Waals surface area contributed by atoms with Crippen LogP contribution in [0.3, 0.4) is 0 Å². The fourth-order valence-corrected chi connectivity index (χ4v) is 15.4. The van der Waals surface area contributed by atoms with Gasteiger partial charge >= 0.3 is 11.9 Å². The first-order valence-corrected chi connectivity index (χ1v) is 27.3. The van der Waals surface area contributed by atoms with Crippen molar-refractivity contribution in [2.45, 2.75) is 58.9 Å². The molecule has 70 heavy (non-hydrogen) atoms.